The van der Waals surface area contributed by atoms with E-state index in [1.807, 2.05) is 49.4 Å². The molecule has 0 bridgehead atoms. The molecule has 0 saturated carbocycles. The Bertz CT molecular complexity index is 1230. The molecule has 2 heterocycles. The zero-order chi connectivity index (χ0) is 24.1. The molecule has 0 aliphatic carbocycles. The minimum Gasteiger partial charge on any atom is -0.497 e. The number of anilines is 1. The second kappa shape index (κ2) is 10.7. The first-order chi connectivity index (χ1) is 16.4. The summed E-state index contributed by atoms with van der Waals surface area (Å²) >= 11 is 1.46. The van der Waals surface area contributed by atoms with Crippen molar-refractivity contribution in [1.29, 1.82) is 0 Å². The van der Waals surface area contributed by atoms with Crippen molar-refractivity contribution in [3.63, 3.8) is 0 Å². The van der Waals surface area contributed by atoms with Gasteiger partial charge in [0.15, 0.2) is 0 Å². The Morgan fingerprint density at radius 1 is 1.18 bits per heavy atom. The van der Waals surface area contributed by atoms with E-state index in [0.29, 0.717) is 49.5 Å². The molecule has 2 aromatic carbocycles. The van der Waals surface area contributed by atoms with Gasteiger partial charge >= 0.3 is 0 Å². The van der Waals surface area contributed by atoms with E-state index in [0.717, 1.165) is 16.1 Å². The van der Waals surface area contributed by atoms with Gasteiger partial charge in [-0.3, -0.25) is 4.79 Å². The van der Waals surface area contributed by atoms with Crippen LogP contribution in [0.25, 0.3) is 11.1 Å². The number of nitrogens with zero attached hydrogens (tertiary/aromatic N) is 2. The fourth-order valence-electron chi connectivity index (χ4n) is 4.16. The normalized spacial score (nSPS) is 15.2. The molecule has 4 rings (SSSR count). The van der Waals surface area contributed by atoms with Gasteiger partial charge in [-0.25, -0.2) is 17.7 Å². The number of benzene rings is 2. The molecule has 1 aromatic heterocycles. The van der Waals surface area contributed by atoms with E-state index in [-0.39, 0.29) is 17.6 Å². The summed E-state index contributed by atoms with van der Waals surface area (Å²) in [5, 5.41) is 5.65. The number of carbonyl (C=O) groups excluding carboxylic acids is 1. The summed E-state index contributed by atoms with van der Waals surface area (Å²) in [6, 6.07) is 15.4. The molecule has 1 fully saturated rings. The lowest BCUT2D eigenvalue weighted by Crippen LogP contribution is -2.39. The zero-order valence-electron chi connectivity index (χ0n) is 19.4. The highest BCUT2D eigenvalue weighted by atomic mass is 32.2. The van der Waals surface area contributed by atoms with Crippen LogP contribution in [0, 0.1) is 0 Å². The van der Waals surface area contributed by atoms with Gasteiger partial charge in [-0.2, -0.15) is 0 Å². The SMILES string of the molecule is CCCS(=O)(=O)N1CCC(c2nc(C(=O)Nc3cc(OC)ccc3-c3ccccc3)cs2)CC1. The molecule has 1 aliphatic heterocycles. The predicted molar refractivity (Wildman–Crippen MR) is 136 cm³/mol. The molecule has 1 N–H and O–H groups in total. The second-order valence-corrected chi connectivity index (χ2v) is 11.3. The topological polar surface area (TPSA) is 88.6 Å². The molecular formula is C25H29N3O4S2. The van der Waals surface area contributed by atoms with Crippen LogP contribution < -0.4 is 10.1 Å². The molecule has 7 nitrogen and oxygen atoms in total. The molecule has 1 amide bonds. The van der Waals surface area contributed by atoms with Gasteiger partial charge < -0.3 is 10.1 Å². The lowest BCUT2D eigenvalue weighted by atomic mass is 9.99. The van der Waals surface area contributed by atoms with E-state index in [1.54, 1.807) is 22.9 Å². The minimum absolute atomic E-state index is 0.163. The Hall–Kier alpha value is -2.75. The molecule has 9 heteroatoms. The fourth-order valence-corrected chi connectivity index (χ4v) is 6.67. The van der Waals surface area contributed by atoms with Gasteiger partial charge in [0.2, 0.25) is 10.0 Å². The number of methoxy groups -OCH3 is 1. The number of ether oxygens (including phenoxy) is 1. The number of thiazole rings is 1. The predicted octanol–water partition coefficient (Wildman–Crippen LogP) is 4.99. The third-order valence-electron chi connectivity index (χ3n) is 5.97. The number of piperidine rings is 1. The number of rotatable bonds is 8. The average molecular weight is 500 g/mol. The first kappa shape index (κ1) is 24.4. The van der Waals surface area contributed by atoms with Gasteiger partial charge in [0.05, 0.1) is 23.6 Å². The molecule has 0 radical (unpaired) electrons. The van der Waals surface area contributed by atoms with Gasteiger partial charge in [0, 0.05) is 36.0 Å². The highest BCUT2D eigenvalue weighted by Crippen LogP contribution is 2.34. The van der Waals surface area contributed by atoms with Gasteiger partial charge in [0.25, 0.3) is 5.91 Å². The van der Waals surface area contributed by atoms with Gasteiger partial charge in [0.1, 0.15) is 11.4 Å². The molecule has 34 heavy (non-hydrogen) atoms. The zero-order valence-corrected chi connectivity index (χ0v) is 21.0. The minimum atomic E-state index is -3.17. The number of hydrogen-bond acceptors (Lipinski definition) is 6. The molecule has 0 unspecified atom stereocenters. The van der Waals surface area contributed by atoms with Crippen LogP contribution in [0.1, 0.15) is 47.6 Å². The summed E-state index contributed by atoms with van der Waals surface area (Å²) in [7, 11) is -1.58. The first-order valence-electron chi connectivity index (χ1n) is 11.4. The van der Waals surface area contributed by atoms with E-state index >= 15 is 0 Å². The van der Waals surface area contributed by atoms with Crippen LogP contribution in [0.4, 0.5) is 5.69 Å². The summed E-state index contributed by atoms with van der Waals surface area (Å²) in [6.07, 6.45) is 2.05. The van der Waals surface area contributed by atoms with Crippen molar-refractivity contribution in [1.82, 2.24) is 9.29 Å². The van der Waals surface area contributed by atoms with Crippen molar-refractivity contribution < 1.29 is 17.9 Å². The molecule has 180 valence electrons. The molecule has 1 saturated heterocycles. The molecule has 3 aromatic rings. The maximum Gasteiger partial charge on any atom is 0.275 e. The standard InChI is InChI=1S/C25H29N3O4S2/c1-3-15-34(30,31)28-13-11-19(12-14-28)25-27-23(17-33-25)24(29)26-22-16-20(32-2)9-10-21(22)18-7-5-4-6-8-18/h4-10,16-17,19H,3,11-15H2,1-2H3,(H,26,29). The van der Waals surface area contributed by atoms with E-state index in [4.69, 9.17) is 4.74 Å². The van der Waals surface area contributed by atoms with Crippen LogP contribution in [0.2, 0.25) is 0 Å². The van der Waals surface area contributed by atoms with Crippen molar-refractivity contribution in [3.05, 3.63) is 64.6 Å². The Labute approximate surface area is 204 Å². The number of carbonyl (C=O) groups is 1. The van der Waals surface area contributed by atoms with E-state index in [9.17, 15) is 13.2 Å². The van der Waals surface area contributed by atoms with Crippen LogP contribution in [0.15, 0.2) is 53.9 Å². The van der Waals surface area contributed by atoms with Gasteiger partial charge in [-0.15, -0.1) is 11.3 Å². The summed E-state index contributed by atoms with van der Waals surface area (Å²) in [4.78, 5) is 17.7. The number of nitrogens with one attached hydrogen (secondary N) is 1. The summed E-state index contributed by atoms with van der Waals surface area (Å²) in [5.41, 5.74) is 2.90. The number of hydrogen-bond donors (Lipinski definition) is 1. The highest BCUT2D eigenvalue weighted by molar-refractivity contribution is 7.89. The summed E-state index contributed by atoms with van der Waals surface area (Å²) in [5.74, 6) is 0.722. The van der Waals surface area contributed by atoms with Crippen LogP contribution >= 0.6 is 11.3 Å². The van der Waals surface area contributed by atoms with Crippen LogP contribution in [0.3, 0.4) is 0 Å². The van der Waals surface area contributed by atoms with Crippen molar-refractivity contribution in [2.24, 2.45) is 0 Å². The lowest BCUT2D eigenvalue weighted by molar-refractivity contribution is 0.102. The molecule has 0 atom stereocenters. The maximum atomic E-state index is 13.1. The third kappa shape index (κ3) is 5.48. The summed E-state index contributed by atoms with van der Waals surface area (Å²) < 4.78 is 31.6. The largest absolute Gasteiger partial charge is 0.497 e. The lowest BCUT2D eigenvalue weighted by Gasteiger charge is -2.30. The maximum absolute atomic E-state index is 13.1. The van der Waals surface area contributed by atoms with Gasteiger partial charge in [-0.05, 0) is 37.0 Å². The Kier molecular flexibility index (Phi) is 7.65. The Morgan fingerprint density at radius 3 is 2.59 bits per heavy atom. The van der Waals surface area contributed by atoms with Crippen LogP contribution in [-0.4, -0.2) is 49.6 Å². The summed E-state index contributed by atoms with van der Waals surface area (Å²) in [6.45, 7) is 2.87. The van der Waals surface area contributed by atoms with Crippen molar-refractivity contribution in [2.75, 3.05) is 31.3 Å². The Balaban J connectivity index is 1.47. The van der Waals surface area contributed by atoms with E-state index in [1.165, 1.54) is 11.3 Å². The van der Waals surface area contributed by atoms with Gasteiger partial charge in [-0.1, -0.05) is 37.3 Å². The number of aromatic nitrogens is 1. The first-order valence-corrected chi connectivity index (χ1v) is 13.9. The van der Waals surface area contributed by atoms with Crippen LogP contribution in [-0.2, 0) is 10.0 Å². The smallest absolute Gasteiger partial charge is 0.275 e. The molecule has 1 aliphatic rings. The fraction of sp³-hybridized carbons (Fsp3) is 0.360. The Morgan fingerprint density at radius 2 is 1.91 bits per heavy atom. The molecular weight excluding hydrogens is 470 g/mol. The van der Waals surface area contributed by atoms with Crippen molar-refractivity contribution in [2.45, 2.75) is 32.1 Å². The average Bonchev–Trinajstić information content (AvgIpc) is 3.35. The van der Waals surface area contributed by atoms with Crippen LogP contribution in [0.5, 0.6) is 5.75 Å². The van der Waals surface area contributed by atoms with E-state index < -0.39 is 10.0 Å². The number of sulfonamides is 1. The quantitative estimate of drug-likeness (QED) is 0.472. The van der Waals surface area contributed by atoms with E-state index in [2.05, 4.69) is 10.3 Å². The highest BCUT2D eigenvalue weighted by Gasteiger charge is 2.29. The molecule has 0 spiro atoms. The van der Waals surface area contributed by atoms with Crippen molar-refractivity contribution >= 4 is 33.0 Å². The van der Waals surface area contributed by atoms with Crippen molar-refractivity contribution in [3.8, 4) is 16.9 Å². The second-order valence-electron chi connectivity index (χ2n) is 8.29. The monoisotopic (exact) mass is 499 g/mol. The number of amides is 1. The third-order valence-corrected chi connectivity index (χ3v) is 9.06.